The predicted molar refractivity (Wildman–Crippen MR) is 72.7 cm³/mol. The Balaban J connectivity index is 2.73. The molecule has 0 aliphatic carbocycles. The summed E-state index contributed by atoms with van der Waals surface area (Å²) < 4.78 is 26.6. The Morgan fingerprint density at radius 3 is 2.33 bits per heavy atom. The molecule has 0 fully saturated rings. The van der Waals surface area contributed by atoms with Crippen molar-refractivity contribution >= 4 is 0 Å². The molecule has 102 valence electrons. The van der Waals surface area contributed by atoms with Gasteiger partial charge in [0.05, 0.1) is 0 Å². The Bertz CT molecular complexity index is 348. The quantitative estimate of drug-likeness (QED) is 0.609. The van der Waals surface area contributed by atoms with Crippen molar-refractivity contribution in [2.75, 3.05) is 0 Å². The van der Waals surface area contributed by atoms with Crippen molar-refractivity contribution in [2.24, 2.45) is 5.92 Å². The van der Waals surface area contributed by atoms with E-state index in [1.54, 1.807) is 13.0 Å². The molecule has 1 unspecified atom stereocenters. The molecule has 1 aromatic rings. The lowest BCUT2D eigenvalue weighted by Crippen LogP contribution is -2.06. The van der Waals surface area contributed by atoms with E-state index in [4.69, 9.17) is 0 Å². The summed E-state index contributed by atoms with van der Waals surface area (Å²) in [4.78, 5) is 0. The van der Waals surface area contributed by atoms with Gasteiger partial charge >= 0.3 is 0 Å². The van der Waals surface area contributed by atoms with Crippen molar-refractivity contribution < 1.29 is 8.78 Å². The maximum Gasteiger partial charge on any atom is 0.161 e. The topological polar surface area (TPSA) is 0 Å². The summed E-state index contributed by atoms with van der Waals surface area (Å²) in [5, 5.41) is 0. The lowest BCUT2D eigenvalue weighted by Gasteiger charge is -2.16. The molecule has 0 bridgehead atoms. The minimum absolute atomic E-state index is 0.413. The number of unbranched alkanes of at least 4 members (excludes halogenated alkanes) is 1. The minimum Gasteiger partial charge on any atom is -0.204 e. The summed E-state index contributed by atoms with van der Waals surface area (Å²) in [7, 11) is 0. The Labute approximate surface area is 109 Å². The van der Waals surface area contributed by atoms with Crippen LogP contribution in [0.3, 0.4) is 0 Å². The van der Waals surface area contributed by atoms with Gasteiger partial charge in [-0.1, -0.05) is 52.0 Å². The second-order valence-corrected chi connectivity index (χ2v) is 5.21. The van der Waals surface area contributed by atoms with Gasteiger partial charge in [0.15, 0.2) is 11.6 Å². The first-order valence-electron chi connectivity index (χ1n) is 7.03. The minimum atomic E-state index is -0.712. The lowest BCUT2D eigenvalue weighted by atomic mass is 9.90. The summed E-state index contributed by atoms with van der Waals surface area (Å²) in [5.74, 6) is -0.825. The van der Waals surface area contributed by atoms with Crippen LogP contribution in [0.5, 0.6) is 0 Å². The molecule has 0 radical (unpaired) electrons. The van der Waals surface area contributed by atoms with Gasteiger partial charge in [-0.15, -0.1) is 0 Å². The number of halogens is 2. The molecule has 0 spiro atoms. The lowest BCUT2D eigenvalue weighted by molar-refractivity contribution is 0.424. The maximum atomic E-state index is 13.4. The Hall–Kier alpha value is -0.920. The van der Waals surface area contributed by atoms with E-state index < -0.39 is 11.6 Å². The summed E-state index contributed by atoms with van der Waals surface area (Å²) in [5.41, 5.74) is 1.34. The van der Waals surface area contributed by atoms with Crippen LogP contribution < -0.4 is 0 Å². The first kappa shape index (κ1) is 15.1. The van der Waals surface area contributed by atoms with Gasteiger partial charge in [-0.3, -0.25) is 0 Å². The summed E-state index contributed by atoms with van der Waals surface area (Å²) in [6, 6.07) is 3.14. The summed E-state index contributed by atoms with van der Waals surface area (Å²) in [6.45, 7) is 5.99. The number of hydrogen-bond donors (Lipinski definition) is 0. The molecule has 0 N–H and O–H groups in total. The third-order valence-electron chi connectivity index (χ3n) is 3.46. The maximum absolute atomic E-state index is 13.4. The molecule has 0 aromatic heterocycles. The van der Waals surface area contributed by atoms with Crippen LogP contribution >= 0.6 is 0 Å². The number of benzene rings is 1. The van der Waals surface area contributed by atoms with Crippen LogP contribution in [0.2, 0.25) is 0 Å². The van der Waals surface area contributed by atoms with Crippen molar-refractivity contribution in [3.63, 3.8) is 0 Å². The molecule has 0 heterocycles. The molecule has 0 saturated carbocycles. The second kappa shape index (κ2) is 7.50. The van der Waals surface area contributed by atoms with Gasteiger partial charge in [-0.05, 0) is 36.5 Å². The van der Waals surface area contributed by atoms with Crippen LogP contribution in [0.15, 0.2) is 12.1 Å². The molecule has 0 amide bonds. The fraction of sp³-hybridized carbons (Fsp3) is 0.625. The van der Waals surface area contributed by atoms with Gasteiger partial charge in [0, 0.05) is 0 Å². The van der Waals surface area contributed by atoms with E-state index in [-0.39, 0.29) is 0 Å². The molecule has 0 aliphatic heterocycles. The van der Waals surface area contributed by atoms with Gasteiger partial charge in [0.2, 0.25) is 0 Å². The highest BCUT2D eigenvalue weighted by atomic mass is 19.2. The smallest absolute Gasteiger partial charge is 0.161 e. The predicted octanol–water partition coefficient (Wildman–Crippen LogP) is 5.42. The van der Waals surface area contributed by atoms with E-state index in [1.807, 2.05) is 0 Å². The highest BCUT2D eigenvalue weighted by Crippen LogP contribution is 2.22. The van der Waals surface area contributed by atoms with Crippen LogP contribution in [0, 0.1) is 24.5 Å². The highest BCUT2D eigenvalue weighted by Gasteiger charge is 2.12. The van der Waals surface area contributed by atoms with E-state index in [0.29, 0.717) is 11.5 Å². The highest BCUT2D eigenvalue weighted by molar-refractivity contribution is 5.25. The zero-order chi connectivity index (χ0) is 13.5. The zero-order valence-electron chi connectivity index (χ0n) is 11.7. The van der Waals surface area contributed by atoms with E-state index in [9.17, 15) is 8.78 Å². The molecule has 1 rings (SSSR count). The first-order valence-corrected chi connectivity index (χ1v) is 7.03. The number of aryl methyl sites for hydroxylation is 1. The SMILES string of the molecule is CCCCC(CCC)Cc1cc(C)c(F)c(F)c1. The van der Waals surface area contributed by atoms with Crippen molar-refractivity contribution in [1.29, 1.82) is 0 Å². The Morgan fingerprint density at radius 2 is 1.78 bits per heavy atom. The van der Waals surface area contributed by atoms with E-state index in [0.717, 1.165) is 24.8 Å². The number of hydrogen-bond acceptors (Lipinski definition) is 0. The third-order valence-corrected chi connectivity index (χ3v) is 3.46. The molecular formula is C16H24F2. The molecule has 18 heavy (non-hydrogen) atoms. The molecule has 0 aliphatic rings. The normalized spacial score (nSPS) is 12.7. The van der Waals surface area contributed by atoms with Gasteiger partial charge in [-0.25, -0.2) is 8.78 Å². The largest absolute Gasteiger partial charge is 0.204 e. The average molecular weight is 254 g/mol. The van der Waals surface area contributed by atoms with Crippen molar-refractivity contribution in [3.05, 3.63) is 34.9 Å². The second-order valence-electron chi connectivity index (χ2n) is 5.21. The Kier molecular flexibility index (Phi) is 6.31. The Morgan fingerprint density at radius 1 is 1.06 bits per heavy atom. The molecule has 1 atom stereocenters. The van der Waals surface area contributed by atoms with Crippen molar-refractivity contribution in [2.45, 2.75) is 59.3 Å². The van der Waals surface area contributed by atoms with Crippen LogP contribution in [-0.2, 0) is 6.42 Å². The van der Waals surface area contributed by atoms with Gasteiger partial charge in [0.1, 0.15) is 0 Å². The van der Waals surface area contributed by atoms with Crippen LogP contribution in [0.1, 0.15) is 57.1 Å². The van der Waals surface area contributed by atoms with E-state index in [1.165, 1.54) is 25.3 Å². The first-order chi connectivity index (χ1) is 8.58. The average Bonchev–Trinajstić information content (AvgIpc) is 2.33. The fourth-order valence-corrected chi connectivity index (χ4v) is 2.50. The fourth-order valence-electron chi connectivity index (χ4n) is 2.50. The zero-order valence-corrected chi connectivity index (χ0v) is 11.7. The van der Waals surface area contributed by atoms with Gasteiger partial charge < -0.3 is 0 Å². The van der Waals surface area contributed by atoms with Crippen LogP contribution in [0.4, 0.5) is 8.78 Å². The van der Waals surface area contributed by atoms with Gasteiger partial charge in [0.25, 0.3) is 0 Å². The van der Waals surface area contributed by atoms with Gasteiger partial charge in [-0.2, -0.15) is 0 Å². The third kappa shape index (κ3) is 4.40. The van der Waals surface area contributed by atoms with Crippen LogP contribution in [0.25, 0.3) is 0 Å². The molecular weight excluding hydrogens is 230 g/mol. The molecule has 0 saturated heterocycles. The molecule has 0 nitrogen and oxygen atoms in total. The van der Waals surface area contributed by atoms with Crippen molar-refractivity contribution in [1.82, 2.24) is 0 Å². The van der Waals surface area contributed by atoms with Crippen LogP contribution in [-0.4, -0.2) is 0 Å². The molecule has 1 aromatic carbocycles. The monoisotopic (exact) mass is 254 g/mol. The van der Waals surface area contributed by atoms with E-state index in [2.05, 4.69) is 13.8 Å². The number of rotatable bonds is 7. The summed E-state index contributed by atoms with van der Waals surface area (Å²) >= 11 is 0. The standard InChI is InChI=1S/C16H24F2/c1-4-6-8-13(7-5-2)10-14-9-12(3)16(18)15(17)11-14/h9,11,13H,4-8,10H2,1-3H3. The van der Waals surface area contributed by atoms with Crippen molar-refractivity contribution in [3.8, 4) is 0 Å². The summed E-state index contributed by atoms with van der Waals surface area (Å²) in [6.07, 6.45) is 6.77. The van der Waals surface area contributed by atoms with E-state index >= 15 is 0 Å². The molecule has 2 heteroatoms.